The van der Waals surface area contributed by atoms with Crippen LogP contribution in [0.25, 0.3) is 11.2 Å². The second kappa shape index (κ2) is 7.12. The molecule has 0 aromatic carbocycles. The molecule has 6 rings (SSSR count). The largest absolute Gasteiger partial charge is 0.381 e. The highest BCUT2D eigenvalue weighted by Crippen LogP contribution is 2.42. The number of ether oxygens (including phenoxy) is 1. The van der Waals surface area contributed by atoms with Crippen LogP contribution < -0.4 is 0 Å². The Morgan fingerprint density at radius 3 is 2.67 bits per heavy atom. The van der Waals surface area contributed by atoms with Crippen molar-refractivity contribution in [2.75, 3.05) is 13.2 Å². The Balaban J connectivity index is 1.21. The molecule has 3 aliphatic heterocycles. The summed E-state index contributed by atoms with van der Waals surface area (Å²) in [5.41, 5.74) is 2.67. The summed E-state index contributed by atoms with van der Waals surface area (Å²) in [6, 6.07) is 2.47. The fraction of sp³-hybridized carbons (Fsp3) is 0.600. The third-order valence-electron chi connectivity index (χ3n) is 6.94. The van der Waals surface area contributed by atoms with Gasteiger partial charge >= 0.3 is 0 Å². The van der Waals surface area contributed by atoms with Crippen molar-refractivity contribution in [2.24, 2.45) is 0 Å². The molecule has 3 fully saturated rings. The SMILES string of the molecule is O=C(c1ccnc2n[nH]nc12)N1C2CCC1CC(n1cc(C3CCOCC3)nn1)C2. The van der Waals surface area contributed by atoms with Gasteiger partial charge in [0.1, 0.15) is 5.52 Å². The van der Waals surface area contributed by atoms with E-state index in [1.807, 2.05) is 4.68 Å². The van der Waals surface area contributed by atoms with Gasteiger partial charge in [-0.1, -0.05) is 5.21 Å². The standard InChI is InChI=1S/C20H24N8O2/c29-20(16-3-6-21-19-18(16)23-25-24-19)28-13-1-2-14(28)10-15(9-13)27-11-17(22-26-27)12-4-7-30-8-5-12/h3,6,11-15H,1-2,4-5,7-10H2,(H,21,23,24,25). The first kappa shape index (κ1) is 17.9. The summed E-state index contributed by atoms with van der Waals surface area (Å²) in [6.07, 6.45) is 9.65. The maximum Gasteiger partial charge on any atom is 0.256 e. The average Bonchev–Trinajstić information content (AvgIpc) is 3.51. The molecular weight excluding hydrogens is 384 g/mol. The lowest BCUT2D eigenvalue weighted by Gasteiger charge is -2.38. The number of pyridine rings is 1. The van der Waals surface area contributed by atoms with Gasteiger partial charge in [0.05, 0.1) is 17.3 Å². The van der Waals surface area contributed by atoms with Crippen LogP contribution in [0.3, 0.4) is 0 Å². The number of fused-ring (bicyclic) bond motifs is 3. The van der Waals surface area contributed by atoms with Crippen LogP contribution in [0.5, 0.6) is 0 Å². The summed E-state index contributed by atoms with van der Waals surface area (Å²) >= 11 is 0. The number of carbonyl (C=O) groups is 1. The second-order valence-electron chi connectivity index (χ2n) is 8.59. The molecule has 3 saturated heterocycles. The van der Waals surface area contributed by atoms with Gasteiger partial charge in [0.15, 0.2) is 0 Å². The van der Waals surface area contributed by atoms with Crippen molar-refractivity contribution in [1.29, 1.82) is 0 Å². The number of piperidine rings is 1. The first-order chi connectivity index (χ1) is 14.8. The zero-order chi connectivity index (χ0) is 20.1. The van der Waals surface area contributed by atoms with E-state index in [9.17, 15) is 4.79 Å². The predicted molar refractivity (Wildman–Crippen MR) is 106 cm³/mol. The summed E-state index contributed by atoms with van der Waals surface area (Å²) < 4.78 is 7.51. The van der Waals surface area contributed by atoms with Gasteiger partial charge in [-0.15, -0.1) is 10.2 Å². The molecule has 1 N–H and O–H groups in total. The fourth-order valence-electron chi connectivity index (χ4n) is 5.41. The molecule has 3 aromatic rings. The summed E-state index contributed by atoms with van der Waals surface area (Å²) in [6.45, 7) is 1.60. The van der Waals surface area contributed by atoms with Crippen molar-refractivity contribution in [1.82, 2.24) is 40.3 Å². The zero-order valence-corrected chi connectivity index (χ0v) is 16.6. The summed E-state index contributed by atoms with van der Waals surface area (Å²) in [5.74, 6) is 0.478. The van der Waals surface area contributed by atoms with Crippen LogP contribution in [0.15, 0.2) is 18.5 Å². The van der Waals surface area contributed by atoms with Crippen LogP contribution in [0, 0.1) is 0 Å². The zero-order valence-electron chi connectivity index (χ0n) is 16.6. The maximum absolute atomic E-state index is 13.4. The molecule has 10 heteroatoms. The van der Waals surface area contributed by atoms with Gasteiger partial charge in [-0.25, -0.2) is 9.67 Å². The topological polar surface area (TPSA) is 115 Å². The summed E-state index contributed by atoms with van der Waals surface area (Å²) in [5, 5.41) is 19.7. The van der Waals surface area contributed by atoms with E-state index in [-0.39, 0.29) is 24.0 Å². The maximum atomic E-state index is 13.4. The van der Waals surface area contributed by atoms with E-state index in [4.69, 9.17) is 4.74 Å². The van der Waals surface area contributed by atoms with Crippen molar-refractivity contribution in [2.45, 2.75) is 62.6 Å². The van der Waals surface area contributed by atoms with Crippen molar-refractivity contribution in [3.8, 4) is 0 Å². The highest BCUT2D eigenvalue weighted by molar-refractivity contribution is 6.04. The third-order valence-corrected chi connectivity index (χ3v) is 6.94. The number of amides is 1. The first-order valence-electron chi connectivity index (χ1n) is 10.8. The van der Waals surface area contributed by atoms with Crippen molar-refractivity contribution >= 4 is 17.1 Å². The number of hydrogen-bond donors (Lipinski definition) is 1. The third kappa shape index (κ3) is 2.89. The lowest BCUT2D eigenvalue weighted by atomic mass is 9.95. The molecule has 2 bridgehead atoms. The lowest BCUT2D eigenvalue weighted by Crippen LogP contribution is -2.47. The molecule has 0 aliphatic carbocycles. The van der Waals surface area contributed by atoms with E-state index in [1.165, 1.54) is 0 Å². The first-order valence-corrected chi connectivity index (χ1v) is 10.8. The Labute approximate surface area is 173 Å². The molecule has 2 atom stereocenters. The molecule has 0 spiro atoms. The van der Waals surface area contributed by atoms with Gasteiger partial charge in [-0.2, -0.15) is 10.3 Å². The van der Waals surface area contributed by atoms with Crippen molar-refractivity contribution in [3.05, 3.63) is 29.7 Å². The molecule has 3 aliphatic rings. The van der Waals surface area contributed by atoms with Crippen molar-refractivity contribution in [3.63, 3.8) is 0 Å². The molecule has 30 heavy (non-hydrogen) atoms. The molecule has 156 valence electrons. The number of nitrogens with zero attached hydrogens (tertiary/aromatic N) is 7. The monoisotopic (exact) mass is 408 g/mol. The van der Waals surface area contributed by atoms with Crippen molar-refractivity contribution < 1.29 is 9.53 Å². The van der Waals surface area contributed by atoms with E-state index in [2.05, 4.69) is 41.8 Å². The number of aromatic amines is 1. The van der Waals surface area contributed by atoms with Gasteiger partial charge in [0.2, 0.25) is 5.65 Å². The van der Waals surface area contributed by atoms with Crippen LogP contribution >= 0.6 is 0 Å². The molecule has 3 aromatic heterocycles. The van der Waals surface area contributed by atoms with Gasteiger partial charge in [-0.3, -0.25) is 4.79 Å². The highest BCUT2D eigenvalue weighted by atomic mass is 16.5. The molecule has 2 unspecified atom stereocenters. The Bertz CT molecular complexity index is 1060. The van der Waals surface area contributed by atoms with E-state index >= 15 is 0 Å². The Hall–Kier alpha value is -2.88. The molecular formula is C20H24N8O2. The van der Waals surface area contributed by atoms with Crippen LogP contribution in [-0.2, 0) is 4.74 Å². The smallest absolute Gasteiger partial charge is 0.256 e. The second-order valence-corrected chi connectivity index (χ2v) is 8.59. The number of hydrogen-bond acceptors (Lipinski definition) is 7. The van der Waals surface area contributed by atoms with E-state index in [1.54, 1.807) is 12.3 Å². The van der Waals surface area contributed by atoms with Crippen LogP contribution in [0.2, 0.25) is 0 Å². The number of carbonyl (C=O) groups excluding carboxylic acids is 1. The highest BCUT2D eigenvalue weighted by Gasteiger charge is 2.44. The molecule has 6 heterocycles. The van der Waals surface area contributed by atoms with Gasteiger partial charge in [-0.05, 0) is 44.6 Å². The molecule has 0 saturated carbocycles. The van der Waals surface area contributed by atoms with Gasteiger partial charge in [0.25, 0.3) is 5.91 Å². The normalized spacial score (nSPS) is 27.1. The molecule has 10 nitrogen and oxygen atoms in total. The van der Waals surface area contributed by atoms with E-state index in [0.717, 1.165) is 57.4 Å². The van der Waals surface area contributed by atoms with Crippen LogP contribution in [0.1, 0.15) is 66.5 Å². The molecule has 1 amide bonds. The summed E-state index contributed by atoms with van der Waals surface area (Å²) in [7, 11) is 0. The fourth-order valence-corrected chi connectivity index (χ4v) is 5.41. The number of H-pyrrole nitrogens is 1. The minimum absolute atomic E-state index is 0.0312. The number of rotatable bonds is 3. The number of nitrogens with one attached hydrogen (secondary N) is 1. The summed E-state index contributed by atoms with van der Waals surface area (Å²) in [4.78, 5) is 19.6. The van der Waals surface area contributed by atoms with E-state index < -0.39 is 0 Å². The Kier molecular flexibility index (Phi) is 4.26. The Morgan fingerprint density at radius 2 is 1.87 bits per heavy atom. The minimum Gasteiger partial charge on any atom is -0.381 e. The van der Waals surface area contributed by atoms with Crippen LogP contribution in [-0.4, -0.2) is 71.5 Å². The lowest BCUT2D eigenvalue weighted by molar-refractivity contribution is 0.0524. The van der Waals surface area contributed by atoms with Gasteiger partial charge in [0, 0.05) is 43.6 Å². The van der Waals surface area contributed by atoms with Crippen LogP contribution in [0.4, 0.5) is 0 Å². The minimum atomic E-state index is 0.0312. The average molecular weight is 408 g/mol. The number of aromatic nitrogens is 7. The molecule has 0 radical (unpaired) electrons. The Morgan fingerprint density at radius 1 is 1.07 bits per heavy atom. The van der Waals surface area contributed by atoms with Gasteiger partial charge < -0.3 is 9.64 Å². The quantitative estimate of drug-likeness (QED) is 0.703. The predicted octanol–water partition coefficient (Wildman–Crippen LogP) is 1.85. The van der Waals surface area contributed by atoms with E-state index in [0.29, 0.717) is 22.6 Å².